The molecule has 3 aromatic carbocycles. The highest BCUT2D eigenvalue weighted by Gasteiger charge is 2.21. The van der Waals surface area contributed by atoms with E-state index < -0.39 is 15.8 Å². The number of carbonyl (C=O) groups is 1. The van der Waals surface area contributed by atoms with Crippen LogP contribution in [0.15, 0.2) is 71.6 Å². The Kier molecular flexibility index (Phi) is 7.96. The van der Waals surface area contributed by atoms with Crippen LogP contribution >= 0.6 is 11.3 Å². The van der Waals surface area contributed by atoms with Gasteiger partial charge in [0.2, 0.25) is 0 Å². The molecule has 39 heavy (non-hydrogen) atoms. The molecule has 0 saturated carbocycles. The molecule has 1 aliphatic heterocycles. The Labute approximate surface area is 230 Å². The number of anilines is 2. The van der Waals surface area contributed by atoms with Gasteiger partial charge >= 0.3 is 0 Å². The molecule has 1 saturated heterocycles. The Morgan fingerprint density at radius 1 is 1.05 bits per heavy atom. The monoisotopic (exact) mass is 569 g/mol. The van der Waals surface area contributed by atoms with Crippen LogP contribution < -0.4 is 19.7 Å². The summed E-state index contributed by atoms with van der Waals surface area (Å²) in [6.45, 7) is 4.42. The predicted octanol–water partition coefficient (Wildman–Crippen LogP) is 3.80. The van der Waals surface area contributed by atoms with Gasteiger partial charge < -0.3 is 15.0 Å². The van der Waals surface area contributed by atoms with Crippen molar-refractivity contribution in [2.24, 2.45) is 0 Å². The highest BCUT2D eigenvalue weighted by atomic mass is 32.2. The lowest BCUT2D eigenvalue weighted by molar-refractivity contribution is 0.0948. The molecule has 1 fully saturated rings. The van der Waals surface area contributed by atoms with E-state index in [-0.39, 0.29) is 22.1 Å². The first-order valence-corrected chi connectivity index (χ1v) is 14.7. The molecule has 0 spiro atoms. The molecule has 0 unspecified atom stereocenters. The van der Waals surface area contributed by atoms with Crippen LogP contribution in [-0.4, -0.2) is 70.6 Å². The molecule has 4 aromatic rings. The number of rotatable bonds is 9. The molecule has 9 nitrogen and oxygen atoms in total. The summed E-state index contributed by atoms with van der Waals surface area (Å²) in [5.74, 6) is -0.0960. The maximum atomic E-state index is 13.2. The molecule has 1 aliphatic rings. The van der Waals surface area contributed by atoms with Gasteiger partial charge in [-0.25, -0.2) is 17.8 Å². The van der Waals surface area contributed by atoms with Gasteiger partial charge in [-0.1, -0.05) is 23.5 Å². The summed E-state index contributed by atoms with van der Waals surface area (Å²) in [7, 11) is -2.33. The van der Waals surface area contributed by atoms with Crippen molar-refractivity contribution < 1.29 is 22.3 Å². The maximum absolute atomic E-state index is 13.2. The number of amides is 1. The number of methoxy groups -OCH3 is 1. The molecule has 2 N–H and O–H groups in total. The van der Waals surface area contributed by atoms with Gasteiger partial charge in [-0.2, -0.15) is 0 Å². The fourth-order valence-corrected chi connectivity index (χ4v) is 6.45. The smallest absolute Gasteiger partial charge is 0.261 e. The van der Waals surface area contributed by atoms with Crippen LogP contribution in [0, 0.1) is 5.82 Å². The summed E-state index contributed by atoms with van der Waals surface area (Å²) >= 11 is 1.65. The fourth-order valence-electron chi connectivity index (χ4n) is 4.33. The second kappa shape index (κ2) is 11.6. The van der Waals surface area contributed by atoms with E-state index in [0.29, 0.717) is 13.1 Å². The summed E-state index contributed by atoms with van der Waals surface area (Å²) in [6, 6.07) is 16.8. The zero-order valence-electron chi connectivity index (χ0n) is 21.3. The van der Waals surface area contributed by atoms with Gasteiger partial charge in [0, 0.05) is 39.3 Å². The molecule has 12 heteroatoms. The van der Waals surface area contributed by atoms with Crippen molar-refractivity contribution in [2.75, 3.05) is 56.0 Å². The van der Waals surface area contributed by atoms with Gasteiger partial charge in [0.05, 0.1) is 33.5 Å². The van der Waals surface area contributed by atoms with Crippen LogP contribution in [0.1, 0.15) is 10.4 Å². The minimum absolute atomic E-state index is 0.0937. The number of thiazole rings is 1. The molecule has 1 aromatic heterocycles. The second-order valence-corrected chi connectivity index (χ2v) is 11.7. The van der Waals surface area contributed by atoms with Crippen molar-refractivity contribution in [2.45, 2.75) is 4.90 Å². The number of hydrogen-bond acceptors (Lipinski definition) is 8. The average Bonchev–Trinajstić information content (AvgIpc) is 3.37. The maximum Gasteiger partial charge on any atom is 0.261 e. The van der Waals surface area contributed by atoms with Crippen molar-refractivity contribution in [1.29, 1.82) is 0 Å². The third-order valence-corrected chi connectivity index (χ3v) is 8.94. The SMILES string of the molecule is COc1ccc2nc(N3CCN(CCNC(=O)c4ccccc4NS(=O)(=O)c4ccc(F)cc4)CC3)sc2c1. The molecule has 0 atom stereocenters. The van der Waals surface area contributed by atoms with Crippen LogP contribution in [0.5, 0.6) is 5.75 Å². The number of sulfonamides is 1. The number of para-hydroxylation sites is 1. The summed E-state index contributed by atoms with van der Waals surface area (Å²) < 4.78 is 47.5. The highest BCUT2D eigenvalue weighted by molar-refractivity contribution is 7.92. The normalized spacial score (nSPS) is 14.4. The van der Waals surface area contributed by atoms with Gasteiger partial charge in [0.1, 0.15) is 11.6 Å². The standard InChI is InChI=1S/C27H28FN5O4S2/c1-37-20-8-11-24-25(18-20)38-27(30-24)33-16-14-32(15-17-33)13-12-29-26(34)22-4-2-3-5-23(22)31-39(35,36)21-9-6-19(28)7-10-21/h2-11,18,31H,12-17H2,1H3,(H,29,34). The van der Waals surface area contributed by atoms with Gasteiger partial charge in [0.25, 0.3) is 15.9 Å². The van der Waals surface area contributed by atoms with Crippen LogP contribution in [-0.2, 0) is 10.0 Å². The van der Waals surface area contributed by atoms with Crippen molar-refractivity contribution >= 4 is 48.3 Å². The molecular weight excluding hydrogens is 541 g/mol. The molecule has 5 rings (SSSR count). The van der Waals surface area contributed by atoms with Gasteiger partial charge in [-0.15, -0.1) is 0 Å². The number of halogens is 1. The first kappa shape index (κ1) is 26.9. The Hall–Kier alpha value is -3.74. The Bertz CT molecular complexity index is 1570. The van der Waals surface area contributed by atoms with E-state index in [0.717, 1.165) is 59.4 Å². The first-order valence-electron chi connectivity index (χ1n) is 12.4. The number of carbonyl (C=O) groups excluding carboxylic acids is 1. The van der Waals surface area contributed by atoms with Crippen LogP contribution in [0.3, 0.4) is 0 Å². The minimum Gasteiger partial charge on any atom is -0.497 e. The fraction of sp³-hybridized carbons (Fsp3) is 0.259. The van der Waals surface area contributed by atoms with Gasteiger partial charge in [-0.05, 0) is 54.6 Å². The lowest BCUT2D eigenvalue weighted by atomic mass is 10.1. The summed E-state index contributed by atoms with van der Waals surface area (Å²) in [6.07, 6.45) is 0. The molecule has 204 valence electrons. The second-order valence-electron chi connectivity index (χ2n) is 9.02. The molecule has 0 aliphatic carbocycles. The third kappa shape index (κ3) is 6.29. The Morgan fingerprint density at radius 3 is 2.54 bits per heavy atom. The lowest BCUT2D eigenvalue weighted by Gasteiger charge is -2.34. The Morgan fingerprint density at radius 2 is 1.79 bits per heavy atom. The van der Waals surface area contributed by atoms with E-state index >= 15 is 0 Å². The quantitative estimate of drug-likeness (QED) is 0.316. The van der Waals surface area contributed by atoms with Crippen LogP contribution in [0.4, 0.5) is 15.2 Å². The number of fused-ring (bicyclic) bond motifs is 1. The molecule has 1 amide bonds. The number of nitrogens with zero attached hydrogens (tertiary/aromatic N) is 3. The molecule has 0 radical (unpaired) electrons. The minimum atomic E-state index is -3.98. The zero-order valence-corrected chi connectivity index (χ0v) is 22.9. The Balaban J connectivity index is 1.13. The number of aromatic nitrogens is 1. The third-order valence-electron chi connectivity index (χ3n) is 6.48. The van der Waals surface area contributed by atoms with E-state index in [1.807, 2.05) is 18.2 Å². The summed E-state index contributed by atoms with van der Waals surface area (Å²) in [4.78, 5) is 22.1. The van der Waals surface area contributed by atoms with Crippen molar-refractivity contribution in [1.82, 2.24) is 15.2 Å². The van der Waals surface area contributed by atoms with Crippen molar-refractivity contribution in [3.63, 3.8) is 0 Å². The van der Waals surface area contributed by atoms with Gasteiger partial charge in [-0.3, -0.25) is 14.4 Å². The summed E-state index contributed by atoms with van der Waals surface area (Å²) in [5, 5.41) is 3.88. The number of benzene rings is 3. The largest absolute Gasteiger partial charge is 0.497 e. The predicted molar refractivity (Wildman–Crippen MR) is 151 cm³/mol. The summed E-state index contributed by atoms with van der Waals surface area (Å²) in [5.41, 5.74) is 1.32. The van der Waals surface area contributed by atoms with Crippen molar-refractivity contribution in [3.8, 4) is 5.75 Å². The van der Waals surface area contributed by atoms with E-state index in [4.69, 9.17) is 9.72 Å². The van der Waals surface area contributed by atoms with E-state index in [9.17, 15) is 17.6 Å². The number of piperazine rings is 1. The van der Waals surface area contributed by atoms with Crippen molar-refractivity contribution in [3.05, 3.63) is 78.1 Å². The number of nitrogens with one attached hydrogen (secondary N) is 2. The van der Waals surface area contributed by atoms with E-state index in [1.54, 1.807) is 36.6 Å². The molecule has 0 bridgehead atoms. The highest BCUT2D eigenvalue weighted by Crippen LogP contribution is 2.31. The molecular formula is C27H28FN5O4S2. The first-order chi connectivity index (χ1) is 18.8. The number of hydrogen-bond donors (Lipinski definition) is 2. The van der Waals surface area contributed by atoms with Crippen LogP contribution in [0.25, 0.3) is 10.2 Å². The van der Waals surface area contributed by atoms with E-state index in [1.165, 1.54) is 18.2 Å². The topological polar surface area (TPSA) is 104 Å². The van der Waals surface area contributed by atoms with Crippen LogP contribution in [0.2, 0.25) is 0 Å². The van der Waals surface area contributed by atoms with E-state index in [2.05, 4.69) is 19.8 Å². The number of ether oxygens (including phenoxy) is 1. The lowest BCUT2D eigenvalue weighted by Crippen LogP contribution is -2.48. The zero-order chi connectivity index (χ0) is 27.4. The van der Waals surface area contributed by atoms with Gasteiger partial charge in [0.15, 0.2) is 5.13 Å². The molecule has 2 heterocycles. The average molecular weight is 570 g/mol.